The molecule has 2 rings (SSSR count). The second kappa shape index (κ2) is 9.06. The van der Waals surface area contributed by atoms with Crippen molar-refractivity contribution in [1.29, 1.82) is 0 Å². The Kier molecular flexibility index (Phi) is 7.04. The van der Waals surface area contributed by atoms with E-state index in [1.165, 1.54) is 31.2 Å². The van der Waals surface area contributed by atoms with E-state index < -0.39 is 0 Å². The van der Waals surface area contributed by atoms with Crippen molar-refractivity contribution in [2.75, 3.05) is 19.8 Å². The van der Waals surface area contributed by atoms with Gasteiger partial charge in [0, 0.05) is 0 Å². The lowest BCUT2D eigenvalue weighted by Crippen LogP contribution is -2.28. The fourth-order valence-corrected chi connectivity index (χ4v) is 2.84. The molecule has 0 heterocycles. The number of nitrogens with one attached hydrogen (secondary N) is 1. The van der Waals surface area contributed by atoms with Crippen LogP contribution in [0, 0.1) is 0 Å². The SMILES string of the molecule is CCCNC(COC1CCCC1)c1ccc(OCC)cc1. The number of rotatable bonds is 9. The quantitative estimate of drug-likeness (QED) is 0.743. The fraction of sp³-hybridized carbons (Fsp3) is 0.667. The summed E-state index contributed by atoms with van der Waals surface area (Å²) in [6.07, 6.45) is 6.70. The molecule has 1 fully saturated rings. The van der Waals surface area contributed by atoms with E-state index in [0.29, 0.717) is 12.7 Å². The van der Waals surface area contributed by atoms with Gasteiger partial charge in [0.05, 0.1) is 25.4 Å². The van der Waals surface area contributed by atoms with Crippen LogP contribution >= 0.6 is 0 Å². The lowest BCUT2D eigenvalue weighted by molar-refractivity contribution is 0.0426. The Morgan fingerprint density at radius 3 is 2.48 bits per heavy atom. The highest BCUT2D eigenvalue weighted by Gasteiger charge is 2.18. The minimum atomic E-state index is 0.279. The van der Waals surface area contributed by atoms with Crippen LogP contribution in [0.5, 0.6) is 5.75 Å². The number of hydrogen-bond donors (Lipinski definition) is 1. The van der Waals surface area contributed by atoms with Crippen LogP contribution in [0.25, 0.3) is 0 Å². The van der Waals surface area contributed by atoms with Gasteiger partial charge in [0.15, 0.2) is 0 Å². The van der Waals surface area contributed by atoms with Gasteiger partial charge in [0.2, 0.25) is 0 Å². The molecule has 1 aliphatic carbocycles. The van der Waals surface area contributed by atoms with Crippen molar-refractivity contribution < 1.29 is 9.47 Å². The van der Waals surface area contributed by atoms with Crippen molar-refractivity contribution in [3.8, 4) is 5.75 Å². The first-order valence-electron chi connectivity index (χ1n) is 8.41. The molecule has 21 heavy (non-hydrogen) atoms. The van der Waals surface area contributed by atoms with Crippen molar-refractivity contribution in [1.82, 2.24) is 5.32 Å². The van der Waals surface area contributed by atoms with E-state index in [2.05, 4.69) is 36.5 Å². The van der Waals surface area contributed by atoms with Crippen molar-refractivity contribution in [2.24, 2.45) is 0 Å². The van der Waals surface area contributed by atoms with Gasteiger partial charge in [-0.2, -0.15) is 0 Å². The fourth-order valence-electron chi connectivity index (χ4n) is 2.84. The second-order valence-corrected chi connectivity index (χ2v) is 5.75. The zero-order valence-corrected chi connectivity index (χ0v) is 13.4. The van der Waals surface area contributed by atoms with Gasteiger partial charge >= 0.3 is 0 Å². The molecule has 1 aliphatic rings. The third-order valence-electron chi connectivity index (χ3n) is 4.04. The molecule has 0 amide bonds. The predicted molar refractivity (Wildman–Crippen MR) is 86.9 cm³/mol. The standard InChI is InChI=1S/C18H29NO2/c1-3-13-19-18(14-21-16-7-5-6-8-16)15-9-11-17(12-10-15)20-4-2/h9-12,16,18-19H,3-8,13-14H2,1-2H3. The average Bonchev–Trinajstić information content (AvgIpc) is 3.02. The van der Waals surface area contributed by atoms with Crippen LogP contribution in [-0.4, -0.2) is 25.9 Å². The summed E-state index contributed by atoms with van der Waals surface area (Å²) in [5.74, 6) is 0.937. The summed E-state index contributed by atoms with van der Waals surface area (Å²) in [5, 5.41) is 3.60. The number of benzene rings is 1. The molecule has 3 nitrogen and oxygen atoms in total. The molecule has 1 atom stereocenters. The summed E-state index contributed by atoms with van der Waals surface area (Å²) >= 11 is 0. The van der Waals surface area contributed by atoms with E-state index in [-0.39, 0.29) is 6.04 Å². The van der Waals surface area contributed by atoms with Gasteiger partial charge in [-0.05, 0) is 50.4 Å². The molecule has 1 aromatic rings. The monoisotopic (exact) mass is 291 g/mol. The zero-order valence-electron chi connectivity index (χ0n) is 13.4. The summed E-state index contributed by atoms with van der Waals surface area (Å²) in [4.78, 5) is 0. The smallest absolute Gasteiger partial charge is 0.119 e. The van der Waals surface area contributed by atoms with Crippen LogP contribution in [0.15, 0.2) is 24.3 Å². The van der Waals surface area contributed by atoms with E-state index in [1.807, 2.05) is 6.92 Å². The third kappa shape index (κ3) is 5.33. The molecule has 0 radical (unpaired) electrons. The Labute approximate surface area is 129 Å². The van der Waals surface area contributed by atoms with Gasteiger partial charge in [-0.3, -0.25) is 0 Å². The first-order valence-corrected chi connectivity index (χ1v) is 8.41. The van der Waals surface area contributed by atoms with Crippen LogP contribution in [0.4, 0.5) is 0 Å². The Morgan fingerprint density at radius 1 is 1.14 bits per heavy atom. The minimum absolute atomic E-state index is 0.279. The maximum atomic E-state index is 6.10. The Morgan fingerprint density at radius 2 is 1.86 bits per heavy atom. The van der Waals surface area contributed by atoms with Crippen LogP contribution < -0.4 is 10.1 Å². The van der Waals surface area contributed by atoms with Gasteiger partial charge in [0.1, 0.15) is 5.75 Å². The van der Waals surface area contributed by atoms with Gasteiger partial charge < -0.3 is 14.8 Å². The van der Waals surface area contributed by atoms with Crippen LogP contribution in [0.1, 0.15) is 57.6 Å². The van der Waals surface area contributed by atoms with Gasteiger partial charge in [0.25, 0.3) is 0 Å². The molecule has 0 bridgehead atoms. The van der Waals surface area contributed by atoms with E-state index >= 15 is 0 Å². The topological polar surface area (TPSA) is 30.5 Å². The Balaban J connectivity index is 1.92. The minimum Gasteiger partial charge on any atom is -0.494 e. The molecule has 118 valence electrons. The van der Waals surface area contributed by atoms with Crippen LogP contribution in [-0.2, 0) is 4.74 Å². The Hall–Kier alpha value is -1.06. The molecule has 3 heteroatoms. The largest absolute Gasteiger partial charge is 0.494 e. The van der Waals surface area contributed by atoms with Crippen molar-refractivity contribution in [3.05, 3.63) is 29.8 Å². The van der Waals surface area contributed by atoms with E-state index in [0.717, 1.165) is 25.3 Å². The summed E-state index contributed by atoms with van der Waals surface area (Å²) in [6, 6.07) is 8.68. The first kappa shape index (κ1) is 16.3. The van der Waals surface area contributed by atoms with E-state index in [1.54, 1.807) is 0 Å². The molecular formula is C18H29NO2. The molecular weight excluding hydrogens is 262 g/mol. The summed E-state index contributed by atoms with van der Waals surface area (Å²) in [6.45, 7) is 6.70. The average molecular weight is 291 g/mol. The molecule has 1 N–H and O–H groups in total. The highest BCUT2D eigenvalue weighted by molar-refractivity contribution is 5.29. The lowest BCUT2D eigenvalue weighted by Gasteiger charge is -2.21. The molecule has 1 unspecified atom stereocenters. The summed E-state index contributed by atoms with van der Waals surface area (Å²) < 4.78 is 11.6. The number of ether oxygens (including phenoxy) is 2. The second-order valence-electron chi connectivity index (χ2n) is 5.75. The Bertz CT molecular complexity index is 385. The predicted octanol–water partition coefficient (Wildman–Crippen LogP) is 4.09. The highest BCUT2D eigenvalue weighted by atomic mass is 16.5. The first-order chi connectivity index (χ1) is 10.3. The zero-order chi connectivity index (χ0) is 14.9. The van der Waals surface area contributed by atoms with Crippen LogP contribution in [0.3, 0.4) is 0 Å². The van der Waals surface area contributed by atoms with Crippen molar-refractivity contribution >= 4 is 0 Å². The molecule has 0 aliphatic heterocycles. The summed E-state index contributed by atoms with van der Waals surface area (Å²) in [5.41, 5.74) is 1.28. The molecule has 0 aromatic heterocycles. The molecule has 0 saturated heterocycles. The van der Waals surface area contributed by atoms with E-state index in [4.69, 9.17) is 9.47 Å². The molecule has 0 spiro atoms. The van der Waals surface area contributed by atoms with Gasteiger partial charge in [-0.25, -0.2) is 0 Å². The maximum absolute atomic E-state index is 6.10. The molecule has 1 saturated carbocycles. The third-order valence-corrected chi connectivity index (χ3v) is 4.04. The van der Waals surface area contributed by atoms with Crippen molar-refractivity contribution in [3.63, 3.8) is 0 Å². The van der Waals surface area contributed by atoms with E-state index in [9.17, 15) is 0 Å². The van der Waals surface area contributed by atoms with Crippen molar-refractivity contribution in [2.45, 2.75) is 58.1 Å². The lowest BCUT2D eigenvalue weighted by atomic mass is 10.1. The van der Waals surface area contributed by atoms with Gasteiger partial charge in [-0.15, -0.1) is 0 Å². The van der Waals surface area contributed by atoms with Crippen LogP contribution in [0.2, 0.25) is 0 Å². The van der Waals surface area contributed by atoms with Gasteiger partial charge in [-0.1, -0.05) is 31.9 Å². The highest BCUT2D eigenvalue weighted by Crippen LogP contribution is 2.24. The summed E-state index contributed by atoms with van der Waals surface area (Å²) in [7, 11) is 0. The normalized spacial score (nSPS) is 17.0. The number of hydrogen-bond acceptors (Lipinski definition) is 3. The maximum Gasteiger partial charge on any atom is 0.119 e. The molecule has 1 aromatic carbocycles.